The molecule has 6 heteroatoms. The van der Waals surface area contributed by atoms with Crippen molar-refractivity contribution in [3.63, 3.8) is 0 Å². The van der Waals surface area contributed by atoms with Crippen LogP contribution in [-0.4, -0.2) is 52.3 Å². The number of hydrogen-bond donors (Lipinski definition) is 1. The van der Waals surface area contributed by atoms with Crippen LogP contribution in [0.1, 0.15) is 16.2 Å². The van der Waals surface area contributed by atoms with Crippen molar-refractivity contribution in [3.8, 4) is 0 Å². The molecule has 1 amide bonds. The molecule has 1 aliphatic heterocycles. The Balaban J connectivity index is 2.14. The molecule has 1 N–H and O–H groups in total. The van der Waals surface area contributed by atoms with Crippen LogP contribution >= 0.6 is 0 Å². The minimum absolute atomic E-state index is 0.0956. The number of aliphatic carboxylic acids is 1. The van der Waals surface area contributed by atoms with Gasteiger partial charge in [-0.2, -0.15) is 0 Å². The van der Waals surface area contributed by atoms with E-state index in [-0.39, 0.29) is 19.1 Å². The first-order chi connectivity index (χ1) is 8.50. The van der Waals surface area contributed by atoms with E-state index in [2.05, 4.69) is 0 Å². The molecule has 1 atom stereocenters. The Hall–Kier alpha value is -1.82. The van der Waals surface area contributed by atoms with Gasteiger partial charge in [0, 0.05) is 19.3 Å². The van der Waals surface area contributed by atoms with Gasteiger partial charge in [-0.1, -0.05) is 0 Å². The molecule has 18 heavy (non-hydrogen) atoms. The first-order valence-corrected chi connectivity index (χ1v) is 5.76. The zero-order valence-corrected chi connectivity index (χ0v) is 10.4. The molecule has 0 aromatic carbocycles. The number of amides is 1. The third kappa shape index (κ3) is 2.24. The largest absolute Gasteiger partial charge is 0.479 e. The van der Waals surface area contributed by atoms with Crippen LogP contribution in [0.15, 0.2) is 12.1 Å². The van der Waals surface area contributed by atoms with E-state index in [0.29, 0.717) is 12.2 Å². The molecule has 0 bridgehead atoms. The normalized spacial score (nSPS) is 19.9. The Kier molecular flexibility index (Phi) is 3.38. The van der Waals surface area contributed by atoms with Gasteiger partial charge in [-0.05, 0) is 19.1 Å². The Labute approximate surface area is 105 Å². The lowest BCUT2D eigenvalue weighted by atomic mass is 10.2. The second kappa shape index (κ2) is 4.81. The van der Waals surface area contributed by atoms with Gasteiger partial charge in [0.2, 0.25) is 0 Å². The average Bonchev–Trinajstić information content (AvgIpc) is 2.69. The summed E-state index contributed by atoms with van der Waals surface area (Å²) in [6.45, 7) is 2.69. The lowest BCUT2D eigenvalue weighted by Gasteiger charge is -2.30. The summed E-state index contributed by atoms with van der Waals surface area (Å²) in [6, 6.07) is 3.62. The molecular formula is C12H16N2O4. The highest BCUT2D eigenvalue weighted by Crippen LogP contribution is 2.13. The van der Waals surface area contributed by atoms with Gasteiger partial charge in [0.1, 0.15) is 5.69 Å². The van der Waals surface area contributed by atoms with Gasteiger partial charge in [0.05, 0.1) is 13.2 Å². The van der Waals surface area contributed by atoms with E-state index in [1.165, 1.54) is 4.90 Å². The second-order valence-corrected chi connectivity index (χ2v) is 4.37. The van der Waals surface area contributed by atoms with Gasteiger partial charge in [0.25, 0.3) is 5.91 Å². The molecule has 0 spiro atoms. The molecule has 0 radical (unpaired) electrons. The van der Waals surface area contributed by atoms with Crippen molar-refractivity contribution in [1.82, 2.24) is 9.47 Å². The molecule has 1 aromatic rings. The summed E-state index contributed by atoms with van der Waals surface area (Å²) in [5.74, 6) is -1.18. The predicted octanol–water partition coefficient (Wildman–Crippen LogP) is 0.259. The molecule has 2 rings (SSSR count). The van der Waals surface area contributed by atoms with Crippen LogP contribution < -0.4 is 0 Å². The fourth-order valence-electron chi connectivity index (χ4n) is 1.97. The summed E-state index contributed by atoms with van der Waals surface area (Å²) < 4.78 is 6.89. The monoisotopic (exact) mass is 252 g/mol. The Bertz CT molecular complexity index is 480. The quantitative estimate of drug-likeness (QED) is 0.819. The van der Waals surface area contributed by atoms with Crippen LogP contribution in [0, 0.1) is 6.92 Å². The third-order valence-corrected chi connectivity index (χ3v) is 3.22. The van der Waals surface area contributed by atoms with Crippen LogP contribution in [0.3, 0.4) is 0 Å². The van der Waals surface area contributed by atoms with E-state index in [9.17, 15) is 9.59 Å². The van der Waals surface area contributed by atoms with Crippen LogP contribution in [0.2, 0.25) is 0 Å². The van der Waals surface area contributed by atoms with Crippen LogP contribution in [0.4, 0.5) is 0 Å². The first kappa shape index (κ1) is 12.6. The van der Waals surface area contributed by atoms with Crippen molar-refractivity contribution >= 4 is 11.9 Å². The zero-order chi connectivity index (χ0) is 13.3. The number of hydrogen-bond acceptors (Lipinski definition) is 3. The summed E-state index contributed by atoms with van der Waals surface area (Å²) in [5, 5.41) is 8.90. The topological polar surface area (TPSA) is 71.8 Å². The van der Waals surface area contributed by atoms with Crippen molar-refractivity contribution in [3.05, 3.63) is 23.5 Å². The Morgan fingerprint density at radius 2 is 2.17 bits per heavy atom. The summed E-state index contributed by atoms with van der Waals surface area (Å²) >= 11 is 0. The molecule has 1 fully saturated rings. The predicted molar refractivity (Wildman–Crippen MR) is 63.4 cm³/mol. The number of carboxylic acids is 1. The highest BCUT2D eigenvalue weighted by Gasteiger charge is 2.30. The van der Waals surface area contributed by atoms with E-state index in [0.717, 1.165) is 5.69 Å². The lowest BCUT2D eigenvalue weighted by Crippen LogP contribution is -2.48. The van der Waals surface area contributed by atoms with Crippen LogP contribution in [0.25, 0.3) is 0 Å². The number of carbonyl (C=O) groups is 2. The van der Waals surface area contributed by atoms with Crippen molar-refractivity contribution < 1.29 is 19.4 Å². The average molecular weight is 252 g/mol. The molecule has 0 unspecified atom stereocenters. The maximum Gasteiger partial charge on any atom is 0.334 e. The third-order valence-electron chi connectivity index (χ3n) is 3.22. The van der Waals surface area contributed by atoms with E-state index in [4.69, 9.17) is 9.84 Å². The zero-order valence-electron chi connectivity index (χ0n) is 10.4. The maximum atomic E-state index is 12.3. The maximum absolute atomic E-state index is 12.3. The number of ether oxygens (including phenoxy) is 1. The van der Waals surface area contributed by atoms with Crippen LogP contribution in [-0.2, 0) is 16.6 Å². The molecule has 0 aliphatic carbocycles. The highest BCUT2D eigenvalue weighted by molar-refractivity contribution is 5.93. The highest BCUT2D eigenvalue weighted by atomic mass is 16.5. The van der Waals surface area contributed by atoms with Gasteiger partial charge in [-0.15, -0.1) is 0 Å². The van der Waals surface area contributed by atoms with Gasteiger partial charge >= 0.3 is 5.97 Å². The number of carboxylic acid groups (broad SMARTS) is 1. The number of aromatic nitrogens is 1. The molecule has 0 saturated carbocycles. The van der Waals surface area contributed by atoms with Gasteiger partial charge in [0.15, 0.2) is 6.10 Å². The van der Waals surface area contributed by atoms with E-state index in [1.807, 2.05) is 20.0 Å². The molecular weight excluding hydrogens is 236 g/mol. The van der Waals surface area contributed by atoms with E-state index < -0.39 is 12.1 Å². The van der Waals surface area contributed by atoms with Crippen molar-refractivity contribution in [2.75, 3.05) is 19.7 Å². The molecule has 1 aromatic heterocycles. The number of carbonyl (C=O) groups excluding carboxylic acids is 1. The van der Waals surface area contributed by atoms with Crippen LogP contribution in [0.5, 0.6) is 0 Å². The summed E-state index contributed by atoms with van der Waals surface area (Å²) in [7, 11) is 1.82. The van der Waals surface area contributed by atoms with Crippen molar-refractivity contribution in [2.45, 2.75) is 13.0 Å². The smallest absolute Gasteiger partial charge is 0.334 e. The SMILES string of the molecule is Cc1ccc(C(=O)N2CCO[C@H](C(=O)O)C2)n1C. The van der Waals surface area contributed by atoms with Crippen molar-refractivity contribution in [2.24, 2.45) is 7.05 Å². The number of aryl methyl sites for hydroxylation is 1. The Morgan fingerprint density at radius 1 is 1.44 bits per heavy atom. The standard InChI is InChI=1S/C12H16N2O4/c1-8-3-4-9(13(8)2)11(15)14-5-6-18-10(7-14)12(16)17/h3-4,10H,5-7H2,1-2H3,(H,16,17)/t10-/m0/s1. The van der Waals surface area contributed by atoms with Gasteiger partial charge in [-0.3, -0.25) is 4.79 Å². The number of nitrogens with zero attached hydrogens (tertiary/aromatic N) is 2. The van der Waals surface area contributed by atoms with E-state index in [1.54, 1.807) is 10.6 Å². The summed E-state index contributed by atoms with van der Waals surface area (Å²) in [4.78, 5) is 24.6. The number of rotatable bonds is 2. The minimum Gasteiger partial charge on any atom is -0.479 e. The van der Waals surface area contributed by atoms with Gasteiger partial charge in [-0.25, -0.2) is 4.79 Å². The molecule has 1 saturated heterocycles. The fourth-order valence-corrected chi connectivity index (χ4v) is 1.97. The molecule has 2 heterocycles. The number of morpholine rings is 1. The fraction of sp³-hybridized carbons (Fsp3) is 0.500. The summed E-state index contributed by atoms with van der Waals surface area (Å²) in [5.41, 5.74) is 1.56. The first-order valence-electron chi connectivity index (χ1n) is 5.76. The molecule has 1 aliphatic rings. The van der Waals surface area contributed by atoms with E-state index >= 15 is 0 Å². The second-order valence-electron chi connectivity index (χ2n) is 4.37. The van der Waals surface area contributed by atoms with Crippen molar-refractivity contribution in [1.29, 1.82) is 0 Å². The summed E-state index contributed by atoms with van der Waals surface area (Å²) in [6.07, 6.45) is -0.927. The Morgan fingerprint density at radius 3 is 2.72 bits per heavy atom. The lowest BCUT2D eigenvalue weighted by molar-refractivity contribution is -0.154. The minimum atomic E-state index is -1.03. The van der Waals surface area contributed by atoms with Gasteiger partial charge < -0.3 is 19.3 Å². The molecule has 6 nitrogen and oxygen atoms in total. The molecule has 98 valence electrons.